The lowest BCUT2D eigenvalue weighted by atomic mass is 9.93. The molecule has 32 heavy (non-hydrogen) atoms. The van der Waals surface area contributed by atoms with Gasteiger partial charge in [-0.15, -0.1) is 0 Å². The van der Waals surface area contributed by atoms with Crippen molar-refractivity contribution in [3.63, 3.8) is 0 Å². The minimum atomic E-state index is -4.96. The summed E-state index contributed by atoms with van der Waals surface area (Å²) in [5.41, 5.74) is 0.0266. The summed E-state index contributed by atoms with van der Waals surface area (Å²) in [6.45, 7) is 0. The lowest BCUT2D eigenvalue weighted by Crippen LogP contribution is -2.10. The van der Waals surface area contributed by atoms with Crippen LogP contribution in [0.15, 0.2) is 65.6 Å². The van der Waals surface area contributed by atoms with Crippen molar-refractivity contribution in [2.45, 2.75) is 11.3 Å². The van der Waals surface area contributed by atoms with Gasteiger partial charge < -0.3 is 9.47 Å². The van der Waals surface area contributed by atoms with E-state index in [0.717, 1.165) is 6.07 Å². The smallest absolute Gasteiger partial charge is 0.301 e. The van der Waals surface area contributed by atoms with Crippen molar-refractivity contribution >= 4 is 37.4 Å². The number of hydrogen-bond acceptors (Lipinski definition) is 6. The van der Waals surface area contributed by atoms with Crippen LogP contribution in [0, 0.1) is 10.1 Å². The van der Waals surface area contributed by atoms with Crippen molar-refractivity contribution in [3.05, 3.63) is 81.9 Å². The molecule has 0 saturated carbocycles. The number of nitrogens with zero attached hydrogens (tertiary/aromatic N) is 1. The standard InChI is InChI=1S/C23H19NO7S/c1-30-21-15-10-6-7-11-16(15)22(31-2)20-17(21)13-19(24(25)26)23(32(27,28)29)18(20)12-14-8-4-3-5-9-14/h3-11,13H,12H2,1-2H3,(H,27,28,29). The molecular weight excluding hydrogens is 434 g/mol. The highest BCUT2D eigenvalue weighted by atomic mass is 32.2. The van der Waals surface area contributed by atoms with Gasteiger partial charge in [-0.3, -0.25) is 14.7 Å². The summed E-state index contributed by atoms with van der Waals surface area (Å²) in [5.74, 6) is 0.679. The number of fused-ring (bicyclic) bond motifs is 2. The molecule has 0 atom stereocenters. The van der Waals surface area contributed by atoms with E-state index in [1.807, 2.05) is 0 Å². The van der Waals surface area contributed by atoms with E-state index in [1.165, 1.54) is 14.2 Å². The van der Waals surface area contributed by atoms with Gasteiger partial charge in [0.2, 0.25) is 0 Å². The van der Waals surface area contributed by atoms with Crippen molar-refractivity contribution in [2.24, 2.45) is 0 Å². The van der Waals surface area contributed by atoms with Crippen molar-refractivity contribution < 1.29 is 27.4 Å². The van der Waals surface area contributed by atoms with E-state index in [0.29, 0.717) is 38.6 Å². The largest absolute Gasteiger partial charge is 0.495 e. The number of nitro groups is 1. The maximum Gasteiger partial charge on any atom is 0.301 e. The third kappa shape index (κ3) is 3.51. The minimum absolute atomic E-state index is 0.00595. The van der Waals surface area contributed by atoms with Crippen LogP contribution in [0.1, 0.15) is 11.1 Å². The van der Waals surface area contributed by atoms with Crippen molar-refractivity contribution in [1.82, 2.24) is 0 Å². The van der Waals surface area contributed by atoms with Gasteiger partial charge >= 0.3 is 10.1 Å². The second-order valence-corrected chi connectivity index (χ2v) is 8.49. The molecule has 4 aromatic rings. The minimum Gasteiger partial charge on any atom is -0.495 e. The van der Waals surface area contributed by atoms with Crippen molar-refractivity contribution in [3.8, 4) is 11.5 Å². The number of ether oxygens (including phenoxy) is 2. The number of rotatable bonds is 6. The highest BCUT2D eigenvalue weighted by Gasteiger charge is 2.33. The van der Waals surface area contributed by atoms with Crippen LogP contribution in [-0.2, 0) is 16.5 Å². The molecule has 0 amide bonds. The fourth-order valence-corrected chi connectivity index (χ4v) is 5.01. The third-order valence-corrected chi connectivity index (χ3v) is 6.30. The van der Waals surface area contributed by atoms with Gasteiger partial charge in [0, 0.05) is 27.6 Å². The Kier molecular flexibility index (Phi) is 5.45. The zero-order valence-corrected chi connectivity index (χ0v) is 18.0. The van der Waals surface area contributed by atoms with Gasteiger partial charge in [-0.1, -0.05) is 54.6 Å². The summed E-state index contributed by atoms with van der Waals surface area (Å²) in [4.78, 5) is 10.3. The van der Waals surface area contributed by atoms with E-state index in [4.69, 9.17) is 9.47 Å². The topological polar surface area (TPSA) is 116 Å². The number of hydrogen-bond donors (Lipinski definition) is 1. The van der Waals surface area contributed by atoms with Crippen LogP contribution < -0.4 is 9.47 Å². The molecule has 0 radical (unpaired) electrons. The monoisotopic (exact) mass is 453 g/mol. The Morgan fingerprint density at radius 3 is 2.00 bits per heavy atom. The quantitative estimate of drug-likeness (QED) is 0.194. The molecule has 0 heterocycles. The molecule has 0 saturated heterocycles. The van der Waals surface area contributed by atoms with Crippen LogP contribution in [0.5, 0.6) is 11.5 Å². The fraction of sp³-hybridized carbons (Fsp3) is 0.130. The zero-order valence-electron chi connectivity index (χ0n) is 17.2. The van der Waals surface area contributed by atoms with Gasteiger partial charge in [0.05, 0.1) is 19.1 Å². The highest BCUT2D eigenvalue weighted by molar-refractivity contribution is 7.86. The lowest BCUT2D eigenvalue weighted by molar-refractivity contribution is -0.387. The van der Waals surface area contributed by atoms with E-state index in [9.17, 15) is 23.1 Å². The summed E-state index contributed by atoms with van der Waals surface area (Å²) in [5, 5.41) is 13.8. The summed E-state index contributed by atoms with van der Waals surface area (Å²) in [6, 6.07) is 17.2. The van der Waals surface area contributed by atoms with Gasteiger partial charge in [-0.05, 0) is 17.5 Å². The predicted octanol–water partition coefficient (Wildman–Crippen LogP) is 4.76. The number of nitro benzene ring substituents is 1. The average Bonchev–Trinajstić information content (AvgIpc) is 2.77. The molecule has 0 bridgehead atoms. The van der Waals surface area contributed by atoms with E-state index in [2.05, 4.69) is 0 Å². The molecule has 4 rings (SSSR count). The summed E-state index contributed by atoms with van der Waals surface area (Å²) < 4.78 is 46.2. The zero-order chi connectivity index (χ0) is 23.0. The molecule has 8 nitrogen and oxygen atoms in total. The molecule has 0 spiro atoms. The van der Waals surface area contributed by atoms with Crippen LogP contribution >= 0.6 is 0 Å². The molecule has 9 heteroatoms. The molecule has 0 aliphatic heterocycles. The summed E-state index contributed by atoms with van der Waals surface area (Å²) >= 11 is 0. The van der Waals surface area contributed by atoms with Crippen LogP contribution in [0.4, 0.5) is 5.69 Å². The van der Waals surface area contributed by atoms with E-state index in [1.54, 1.807) is 54.6 Å². The molecule has 1 N–H and O–H groups in total. The van der Waals surface area contributed by atoms with E-state index in [-0.39, 0.29) is 12.0 Å². The first-order valence-electron chi connectivity index (χ1n) is 9.56. The Morgan fingerprint density at radius 2 is 1.47 bits per heavy atom. The number of benzene rings is 4. The third-order valence-electron chi connectivity index (χ3n) is 5.33. The second-order valence-electron chi connectivity index (χ2n) is 7.13. The molecule has 0 fully saturated rings. The van der Waals surface area contributed by atoms with Gasteiger partial charge in [0.15, 0.2) is 4.90 Å². The first kappa shape index (κ1) is 21.5. The summed E-state index contributed by atoms with van der Waals surface area (Å²) in [7, 11) is -2.08. The van der Waals surface area contributed by atoms with E-state index < -0.39 is 25.6 Å². The summed E-state index contributed by atoms with van der Waals surface area (Å²) in [6.07, 6.45) is 0.00595. The Hall–Kier alpha value is -3.69. The second kappa shape index (κ2) is 8.10. The normalized spacial score (nSPS) is 11.6. The fourth-order valence-electron chi connectivity index (χ4n) is 4.13. The highest BCUT2D eigenvalue weighted by Crippen LogP contribution is 2.48. The SMILES string of the molecule is COc1c2ccccc2c(OC)c2c(Cc3ccccc3)c(S(=O)(=O)O)c([N+](=O)[O-])cc12. The first-order valence-corrected chi connectivity index (χ1v) is 11.0. The predicted molar refractivity (Wildman–Crippen MR) is 120 cm³/mol. The van der Waals surface area contributed by atoms with Crippen molar-refractivity contribution in [1.29, 1.82) is 0 Å². The molecule has 0 unspecified atom stereocenters. The maximum atomic E-state index is 12.4. The van der Waals surface area contributed by atoms with Gasteiger partial charge in [0.25, 0.3) is 5.69 Å². The molecule has 4 aromatic carbocycles. The van der Waals surface area contributed by atoms with Crippen LogP contribution in [0.3, 0.4) is 0 Å². The van der Waals surface area contributed by atoms with Crippen LogP contribution in [-0.4, -0.2) is 32.1 Å². The Labute approximate surface area is 183 Å². The molecular formula is C23H19NO7S. The molecule has 0 aromatic heterocycles. The first-order chi connectivity index (χ1) is 15.3. The van der Waals surface area contributed by atoms with Gasteiger partial charge in [0.1, 0.15) is 11.5 Å². The lowest BCUT2D eigenvalue weighted by Gasteiger charge is -2.19. The molecule has 164 valence electrons. The van der Waals surface area contributed by atoms with Crippen LogP contribution in [0.25, 0.3) is 21.5 Å². The van der Waals surface area contributed by atoms with Crippen LogP contribution in [0.2, 0.25) is 0 Å². The Bertz CT molecular complexity index is 1460. The van der Waals surface area contributed by atoms with Crippen molar-refractivity contribution in [2.75, 3.05) is 14.2 Å². The number of methoxy groups -OCH3 is 2. The molecule has 0 aliphatic rings. The maximum absolute atomic E-state index is 12.4. The van der Waals surface area contributed by atoms with E-state index >= 15 is 0 Å². The average molecular weight is 453 g/mol. The molecule has 0 aliphatic carbocycles. The van der Waals surface area contributed by atoms with Gasteiger partial charge in [-0.2, -0.15) is 8.42 Å². The Morgan fingerprint density at radius 1 is 0.906 bits per heavy atom. The van der Waals surface area contributed by atoms with Gasteiger partial charge in [-0.25, -0.2) is 0 Å². The Balaban J connectivity index is 2.31.